The molecule has 0 aliphatic heterocycles. The van der Waals surface area contributed by atoms with Gasteiger partial charge >= 0.3 is 0 Å². The maximum absolute atomic E-state index is 6.44. The fraction of sp³-hybridized carbons (Fsp3) is 0.368. The van der Waals surface area contributed by atoms with E-state index in [9.17, 15) is 0 Å². The lowest BCUT2D eigenvalue weighted by Crippen LogP contribution is -2.28. The number of halogens is 1. The van der Waals surface area contributed by atoms with Crippen molar-refractivity contribution < 1.29 is 0 Å². The van der Waals surface area contributed by atoms with Crippen LogP contribution in [0.5, 0.6) is 0 Å². The van der Waals surface area contributed by atoms with Crippen molar-refractivity contribution in [3.05, 3.63) is 70.7 Å². The molecule has 2 aromatic carbocycles. The minimum Gasteiger partial charge on any atom is -0.312 e. The van der Waals surface area contributed by atoms with Gasteiger partial charge in [0.15, 0.2) is 0 Å². The highest BCUT2D eigenvalue weighted by atomic mass is 35.5. The molecule has 0 aliphatic carbocycles. The molecule has 2 heteroatoms. The van der Waals surface area contributed by atoms with Gasteiger partial charge in [-0.1, -0.05) is 80.4 Å². The van der Waals surface area contributed by atoms with Gasteiger partial charge in [0.1, 0.15) is 0 Å². The lowest BCUT2D eigenvalue weighted by atomic mass is 9.77. The van der Waals surface area contributed by atoms with Gasteiger partial charge in [0.25, 0.3) is 0 Å². The first-order valence-corrected chi connectivity index (χ1v) is 8.03. The summed E-state index contributed by atoms with van der Waals surface area (Å²) in [5, 5.41) is 4.32. The Labute approximate surface area is 133 Å². The molecule has 0 amide bonds. The molecule has 0 heterocycles. The van der Waals surface area contributed by atoms with E-state index in [0.29, 0.717) is 11.8 Å². The summed E-state index contributed by atoms with van der Waals surface area (Å²) in [5.74, 6) is 0.974. The van der Waals surface area contributed by atoms with E-state index in [1.165, 1.54) is 11.1 Å². The topological polar surface area (TPSA) is 12.0 Å². The molecule has 0 spiro atoms. The Morgan fingerprint density at radius 1 is 1.00 bits per heavy atom. The smallest absolute Gasteiger partial charge is 0.0454 e. The van der Waals surface area contributed by atoms with Gasteiger partial charge in [0, 0.05) is 17.0 Å². The molecule has 0 bridgehead atoms. The van der Waals surface area contributed by atoms with E-state index in [1.807, 2.05) is 19.2 Å². The summed E-state index contributed by atoms with van der Waals surface area (Å²) in [4.78, 5) is 0. The van der Waals surface area contributed by atoms with Crippen molar-refractivity contribution >= 4 is 11.6 Å². The van der Waals surface area contributed by atoms with E-state index in [2.05, 4.69) is 61.6 Å². The summed E-state index contributed by atoms with van der Waals surface area (Å²) in [6.45, 7) is 4.57. The lowest BCUT2D eigenvalue weighted by Gasteiger charge is -2.32. The molecule has 1 N–H and O–H groups in total. The average molecular weight is 302 g/mol. The highest BCUT2D eigenvalue weighted by Crippen LogP contribution is 2.40. The molecule has 0 aliphatic rings. The Kier molecular flexibility index (Phi) is 5.84. The molecule has 112 valence electrons. The van der Waals surface area contributed by atoms with Crippen LogP contribution in [0.2, 0.25) is 5.02 Å². The van der Waals surface area contributed by atoms with Gasteiger partial charge in [0.2, 0.25) is 0 Å². The first kappa shape index (κ1) is 16.1. The molecule has 0 radical (unpaired) electrons. The van der Waals surface area contributed by atoms with Crippen LogP contribution in [0.15, 0.2) is 54.6 Å². The molecule has 0 fully saturated rings. The maximum Gasteiger partial charge on any atom is 0.0454 e. The van der Waals surface area contributed by atoms with Crippen LogP contribution in [0.4, 0.5) is 0 Å². The minimum atomic E-state index is 0.219. The van der Waals surface area contributed by atoms with Crippen molar-refractivity contribution in [2.45, 2.75) is 32.2 Å². The van der Waals surface area contributed by atoms with Crippen molar-refractivity contribution in [1.82, 2.24) is 5.32 Å². The minimum absolute atomic E-state index is 0.219. The second-order valence-corrected chi connectivity index (χ2v) is 6.02. The Morgan fingerprint density at radius 3 is 2.19 bits per heavy atom. The number of likely N-dealkylation sites (N-methyl/N-ethyl adjacent to an activating group) is 1. The normalized spacial score (nSPS) is 15.4. The fourth-order valence-electron chi connectivity index (χ4n) is 3.03. The molecule has 1 nitrogen and oxygen atoms in total. The Bertz CT molecular complexity index is 553. The number of benzene rings is 2. The van der Waals surface area contributed by atoms with Crippen molar-refractivity contribution in [3.8, 4) is 0 Å². The highest BCUT2D eigenvalue weighted by molar-refractivity contribution is 6.31. The zero-order chi connectivity index (χ0) is 15.2. The van der Waals surface area contributed by atoms with E-state index in [1.54, 1.807) is 0 Å². The average Bonchev–Trinajstić information content (AvgIpc) is 2.53. The lowest BCUT2D eigenvalue weighted by molar-refractivity contribution is 0.354. The monoisotopic (exact) mass is 301 g/mol. The van der Waals surface area contributed by atoms with Crippen molar-refractivity contribution in [2.75, 3.05) is 7.05 Å². The van der Waals surface area contributed by atoms with Gasteiger partial charge < -0.3 is 5.32 Å². The van der Waals surface area contributed by atoms with Crippen LogP contribution >= 0.6 is 11.6 Å². The van der Waals surface area contributed by atoms with Gasteiger partial charge in [-0.05, 0) is 30.2 Å². The molecular weight excluding hydrogens is 278 g/mol. The summed E-state index contributed by atoms with van der Waals surface area (Å²) in [6, 6.07) is 19.1. The Hall–Kier alpha value is -1.31. The van der Waals surface area contributed by atoms with Gasteiger partial charge in [-0.25, -0.2) is 0 Å². The van der Waals surface area contributed by atoms with E-state index in [4.69, 9.17) is 11.6 Å². The third-order valence-corrected chi connectivity index (χ3v) is 4.70. The summed E-state index contributed by atoms with van der Waals surface area (Å²) in [6.07, 6.45) is 1.14. The number of nitrogens with one attached hydrogen (secondary N) is 1. The summed E-state index contributed by atoms with van der Waals surface area (Å²) in [5.41, 5.74) is 2.54. The van der Waals surface area contributed by atoms with Crippen LogP contribution in [0.1, 0.15) is 43.4 Å². The van der Waals surface area contributed by atoms with Crippen LogP contribution in [-0.2, 0) is 0 Å². The molecule has 2 rings (SSSR count). The predicted molar refractivity (Wildman–Crippen MR) is 91.9 cm³/mol. The van der Waals surface area contributed by atoms with Gasteiger partial charge in [-0.3, -0.25) is 0 Å². The van der Waals surface area contributed by atoms with E-state index >= 15 is 0 Å². The Balaban J connectivity index is 2.46. The molecule has 3 unspecified atom stereocenters. The molecule has 21 heavy (non-hydrogen) atoms. The van der Waals surface area contributed by atoms with Gasteiger partial charge in [-0.2, -0.15) is 0 Å². The van der Waals surface area contributed by atoms with Crippen molar-refractivity contribution in [1.29, 1.82) is 0 Å². The summed E-state index contributed by atoms with van der Waals surface area (Å²) < 4.78 is 0. The SMILES string of the molecule is CCC(C)C(c1ccccc1)C(NC)c1ccccc1Cl. The van der Waals surface area contributed by atoms with Crippen LogP contribution in [0.25, 0.3) is 0 Å². The van der Waals surface area contributed by atoms with E-state index in [0.717, 1.165) is 11.4 Å². The zero-order valence-corrected chi connectivity index (χ0v) is 13.8. The third kappa shape index (κ3) is 3.66. The van der Waals surface area contributed by atoms with Crippen LogP contribution in [0.3, 0.4) is 0 Å². The maximum atomic E-state index is 6.44. The number of hydrogen-bond donors (Lipinski definition) is 1. The van der Waals surface area contributed by atoms with Crippen LogP contribution in [-0.4, -0.2) is 7.05 Å². The van der Waals surface area contributed by atoms with E-state index in [-0.39, 0.29) is 6.04 Å². The Morgan fingerprint density at radius 2 is 1.62 bits per heavy atom. The first-order valence-electron chi connectivity index (χ1n) is 7.65. The molecule has 0 saturated heterocycles. The predicted octanol–water partition coefficient (Wildman–Crippen LogP) is 5.43. The van der Waals surface area contributed by atoms with Crippen molar-refractivity contribution in [2.24, 2.45) is 5.92 Å². The van der Waals surface area contributed by atoms with Crippen LogP contribution in [0, 0.1) is 5.92 Å². The number of rotatable bonds is 6. The largest absolute Gasteiger partial charge is 0.312 e. The second kappa shape index (κ2) is 7.63. The summed E-state index contributed by atoms with van der Waals surface area (Å²) >= 11 is 6.44. The van der Waals surface area contributed by atoms with E-state index < -0.39 is 0 Å². The highest BCUT2D eigenvalue weighted by Gasteiger charge is 2.28. The van der Waals surface area contributed by atoms with Gasteiger partial charge in [-0.15, -0.1) is 0 Å². The molecular formula is C19H24ClN. The van der Waals surface area contributed by atoms with Gasteiger partial charge in [0.05, 0.1) is 0 Å². The first-order chi connectivity index (χ1) is 10.2. The standard InChI is InChI=1S/C19H24ClN/c1-4-14(2)18(15-10-6-5-7-11-15)19(21-3)16-12-8-9-13-17(16)20/h5-14,18-19,21H,4H2,1-3H3. The third-order valence-electron chi connectivity index (χ3n) is 4.35. The molecule has 0 aromatic heterocycles. The van der Waals surface area contributed by atoms with Crippen molar-refractivity contribution in [3.63, 3.8) is 0 Å². The number of hydrogen-bond acceptors (Lipinski definition) is 1. The van der Waals surface area contributed by atoms with Crippen LogP contribution < -0.4 is 5.32 Å². The summed E-state index contributed by atoms with van der Waals surface area (Å²) in [7, 11) is 2.02. The fourth-order valence-corrected chi connectivity index (χ4v) is 3.29. The quantitative estimate of drug-likeness (QED) is 0.750. The molecule has 2 aromatic rings. The zero-order valence-electron chi connectivity index (χ0n) is 13.0. The molecule has 3 atom stereocenters. The molecule has 0 saturated carbocycles. The second-order valence-electron chi connectivity index (χ2n) is 5.61.